The lowest BCUT2D eigenvalue weighted by molar-refractivity contribution is -0.126. The molecule has 0 heterocycles. The van der Waals surface area contributed by atoms with Crippen molar-refractivity contribution in [3.05, 3.63) is 0 Å². The molecule has 0 bridgehead atoms. The third-order valence-corrected chi connectivity index (χ3v) is 4.36. The smallest absolute Gasteiger partial charge is 0.223 e. The largest absolute Gasteiger partial charge is 0.356 e. The van der Waals surface area contributed by atoms with Crippen molar-refractivity contribution in [3.8, 4) is 0 Å². The summed E-state index contributed by atoms with van der Waals surface area (Å²) in [5, 5.41) is 3.08. The van der Waals surface area contributed by atoms with Crippen molar-refractivity contribution < 1.29 is 4.79 Å². The van der Waals surface area contributed by atoms with Gasteiger partial charge >= 0.3 is 0 Å². The lowest BCUT2D eigenvalue weighted by atomic mass is 9.81. The van der Waals surface area contributed by atoms with E-state index in [0.29, 0.717) is 12.0 Å². The van der Waals surface area contributed by atoms with Crippen LogP contribution >= 0.6 is 0 Å². The zero-order chi connectivity index (χ0) is 14.3. The minimum Gasteiger partial charge on any atom is -0.356 e. The lowest BCUT2D eigenvalue weighted by Gasteiger charge is -2.27. The molecule has 0 saturated heterocycles. The molecule has 1 rings (SSSR count). The first-order chi connectivity index (χ1) is 9.04. The van der Waals surface area contributed by atoms with E-state index in [2.05, 4.69) is 31.1 Å². The number of hydrogen-bond donors (Lipinski definition) is 2. The zero-order valence-corrected chi connectivity index (χ0v) is 12.8. The Morgan fingerprint density at radius 3 is 2.79 bits per heavy atom. The lowest BCUT2D eigenvalue weighted by Crippen LogP contribution is -2.37. The van der Waals surface area contributed by atoms with Crippen LogP contribution in [0.4, 0.5) is 0 Å². The fourth-order valence-electron chi connectivity index (χ4n) is 2.69. The molecule has 2 atom stereocenters. The number of nitrogens with zero attached hydrogens (tertiary/aromatic N) is 1. The van der Waals surface area contributed by atoms with Crippen LogP contribution in [0.2, 0.25) is 0 Å². The highest BCUT2D eigenvalue weighted by molar-refractivity contribution is 5.78. The molecule has 4 nitrogen and oxygen atoms in total. The van der Waals surface area contributed by atoms with E-state index in [1.165, 1.54) is 6.42 Å². The molecule has 4 heteroatoms. The molecule has 3 N–H and O–H groups in total. The molecular formula is C15H31N3O. The second-order valence-electron chi connectivity index (χ2n) is 6.18. The Balaban J connectivity index is 2.17. The van der Waals surface area contributed by atoms with Gasteiger partial charge in [-0.15, -0.1) is 0 Å². The number of carbonyl (C=O) groups is 1. The van der Waals surface area contributed by atoms with Crippen molar-refractivity contribution in [2.75, 3.05) is 26.7 Å². The fraction of sp³-hybridized carbons (Fsp3) is 0.933. The summed E-state index contributed by atoms with van der Waals surface area (Å²) >= 11 is 0. The van der Waals surface area contributed by atoms with Gasteiger partial charge in [-0.05, 0) is 65.6 Å². The first-order valence-electron chi connectivity index (χ1n) is 7.72. The van der Waals surface area contributed by atoms with Crippen LogP contribution in [0.25, 0.3) is 0 Å². The van der Waals surface area contributed by atoms with E-state index < -0.39 is 0 Å². The van der Waals surface area contributed by atoms with E-state index in [9.17, 15) is 4.79 Å². The highest BCUT2D eigenvalue weighted by Gasteiger charge is 2.26. The molecule has 1 aliphatic rings. The van der Waals surface area contributed by atoms with Crippen LogP contribution in [-0.4, -0.2) is 43.5 Å². The summed E-state index contributed by atoms with van der Waals surface area (Å²) in [6.07, 6.45) is 5.38. The van der Waals surface area contributed by atoms with Crippen molar-refractivity contribution in [1.82, 2.24) is 10.2 Å². The molecule has 2 unspecified atom stereocenters. The van der Waals surface area contributed by atoms with Crippen molar-refractivity contribution in [2.45, 2.75) is 52.0 Å². The first kappa shape index (κ1) is 16.4. The maximum Gasteiger partial charge on any atom is 0.223 e. The van der Waals surface area contributed by atoms with Crippen LogP contribution in [0, 0.1) is 11.8 Å². The van der Waals surface area contributed by atoms with Crippen LogP contribution in [0.1, 0.15) is 46.0 Å². The normalized spacial score (nSPS) is 23.9. The van der Waals surface area contributed by atoms with Crippen LogP contribution in [-0.2, 0) is 4.79 Å². The predicted molar refractivity (Wildman–Crippen MR) is 79.9 cm³/mol. The van der Waals surface area contributed by atoms with Gasteiger partial charge in [0.15, 0.2) is 0 Å². The Morgan fingerprint density at radius 1 is 1.42 bits per heavy atom. The number of nitrogens with one attached hydrogen (secondary N) is 1. The van der Waals surface area contributed by atoms with Crippen LogP contribution < -0.4 is 11.1 Å². The molecule has 0 aromatic heterocycles. The molecule has 0 radical (unpaired) electrons. The molecule has 1 saturated carbocycles. The third kappa shape index (κ3) is 5.91. The van der Waals surface area contributed by atoms with E-state index in [0.717, 1.165) is 45.3 Å². The van der Waals surface area contributed by atoms with Gasteiger partial charge in [0.25, 0.3) is 0 Å². The van der Waals surface area contributed by atoms with E-state index in [4.69, 9.17) is 5.73 Å². The summed E-state index contributed by atoms with van der Waals surface area (Å²) in [6.45, 7) is 6.93. The number of carbonyl (C=O) groups excluding carboxylic acids is 1. The summed E-state index contributed by atoms with van der Waals surface area (Å²) in [4.78, 5) is 14.4. The highest BCUT2D eigenvalue weighted by Crippen LogP contribution is 2.28. The monoisotopic (exact) mass is 269 g/mol. The molecule has 19 heavy (non-hydrogen) atoms. The average Bonchev–Trinajstić information content (AvgIpc) is 2.42. The number of hydrogen-bond acceptors (Lipinski definition) is 3. The van der Waals surface area contributed by atoms with E-state index in [-0.39, 0.29) is 11.8 Å². The summed E-state index contributed by atoms with van der Waals surface area (Å²) in [6, 6.07) is 0.569. The second kappa shape index (κ2) is 8.54. The molecule has 1 fully saturated rings. The SMILES string of the molecule is CC(C)N(C)CCCNC(=O)C1CCCC(CN)C1. The van der Waals surface area contributed by atoms with Gasteiger partial charge in [-0.1, -0.05) is 6.42 Å². The molecule has 1 amide bonds. The van der Waals surface area contributed by atoms with Crippen LogP contribution in [0.3, 0.4) is 0 Å². The maximum atomic E-state index is 12.1. The van der Waals surface area contributed by atoms with Crippen molar-refractivity contribution in [1.29, 1.82) is 0 Å². The molecule has 112 valence electrons. The molecule has 0 aliphatic heterocycles. The Hall–Kier alpha value is -0.610. The standard InChI is InChI=1S/C15H31N3O/c1-12(2)18(3)9-5-8-17-15(19)14-7-4-6-13(10-14)11-16/h12-14H,4-11,16H2,1-3H3,(H,17,19). The molecule has 0 aromatic rings. The summed E-state index contributed by atoms with van der Waals surface area (Å²) in [7, 11) is 2.12. The Labute approximate surface area is 118 Å². The van der Waals surface area contributed by atoms with Crippen LogP contribution in [0.5, 0.6) is 0 Å². The van der Waals surface area contributed by atoms with Gasteiger partial charge in [-0.3, -0.25) is 4.79 Å². The number of rotatable bonds is 7. The van der Waals surface area contributed by atoms with Gasteiger partial charge in [-0.25, -0.2) is 0 Å². The van der Waals surface area contributed by atoms with Crippen molar-refractivity contribution >= 4 is 5.91 Å². The maximum absolute atomic E-state index is 12.1. The topological polar surface area (TPSA) is 58.4 Å². The van der Waals surface area contributed by atoms with Gasteiger partial charge in [0, 0.05) is 18.5 Å². The van der Waals surface area contributed by atoms with Crippen molar-refractivity contribution in [2.24, 2.45) is 17.6 Å². The van der Waals surface area contributed by atoms with Crippen LogP contribution in [0.15, 0.2) is 0 Å². The Bertz CT molecular complexity index is 268. The fourth-order valence-corrected chi connectivity index (χ4v) is 2.69. The van der Waals surface area contributed by atoms with Gasteiger partial charge in [0.2, 0.25) is 5.91 Å². The minimum atomic E-state index is 0.199. The molecular weight excluding hydrogens is 238 g/mol. The highest BCUT2D eigenvalue weighted by atomic mass is 16.1. The third-order valence-electron chi connectivity index (χ3n) is 4.36. The minimum absolute atomic E-state index is 0.199. The van der Waals surface area contributed by atoms with E-state index in [1.54, 1.807) is 0 Å². The first-order valence-corrected chi connectivity index (χ1v) is 7.72. The van der Waals surface area contributed by atoms with E-state index in [1.807, 2.05) is 0 Å². The summed E-state index contributed by atoms with van der Waals surface area (Å²) < 4.78 is 0. The summed E-state index contributed by atoms with van der Waals surface area (Å²) in [5.74, 6) is 0.993. The number of amides is 1. The van der Waals surface area contributed by atoms with Gasteiger partial charge in [0.05, 0.1) is 0 Å². The Kier molecular flexibility index (Phi) is 7.39. The zero-order valence-electron chi connectivity index (χ0n) is 12.8. The predicted octanol–water partition coefficient (Wildman–Crippen LogP) is 1.60. The second-order valence-corrected chi connectivity index (χ2v) is 6.18. The average molecular weight is 269 g/mol. The quantitative estimate of drug-likeness (QED) is 0.690. The Morgan fingerprint density at radius 2 is 2.16 bits per heavy atom. The van der Waals surface area contributed by atoms with E-state index >= 15 is 0 Å². The molecule has 1 aliphatic carbocycles. The van der Waals surface area contributed by atoms with Gasteiger partial charge < -0.3 is 16.0 Å². The molecule has 0 spiro atoms. The number of nitrogens with two attached hydrogens (primary N) is 1. The van der Waals surface area contributed by atoms with Crippen molar-refractivity contribution in [3.63, 3.8) is 0 Å². The van der Waals surface area contributed by atoms with Gasteiger partial charge in [0.1, 0.15) is 0 Å². The summed E-state index contributed by atoms with van der Waals surface area (Å²) in [5.41, 5.74) is 5.71. The molecule has 0 aromatic carbocycles. The van der Waals surface area contributed by atoms with Gasteiger partial charge in [-0.2, -0.15) is 0 Å².